The first-order chi connectivity index (χ1) is 15.5. The molecule has 0 aliphatic rings. The summed E-state index contributed by atoms with van der Waals surface area (Å²) in [5, 5.41) is 2.79. The van der Waals surface area contributed by atoms with Crippen LogP contribution in [-0.2, 0) is 25.5 Å². The lowest BCUT2D eigenvalue weighted by Gasteiger charge is -2.17. The van der Waals surface area contributed by atoms with Crippen LogP contribution in [0.25, 0.3) is 0 Å². The van der Waals surface area contributed by atoms with E-state index in [4.69, 9.17) is 9.47 Å². The van der Waals surface area contributed by atoms with E-state index in [0.717, 1.165) is 50.5 Å². The molecule has 6 heteroatoms. The molecule has 0 fully saturated rings. The molecule has 1 amide bonds. The number of carbonyl (C=O) groups excluding carboxylic acids is 3. The Hall–Kier alpha value is -2.37. The molecule has 0 spiro atoms. The highest BCUT2D eigenvalue weighted by atomic mass is 16.5. The highest BCUT2D eigenvalue weighted by molar-refractivity contribution is 5.84. The van der Waals surface area contributed by atoms with Crippen LogP contribution >= 0.6 is 0 Å². The van der Waals surface area contributed by atoms with Crippen LogP contribution in [0, 0.1) is 0 Å². The molecule has 1 N–H and O–H groups in total. The largest absolute Gasteiger partial charge is 0.467 e. The molecule has 0 bridgehead atoms. The van der Waals surface area contributed by atoms with Crippen molar-refractivity contribution in [2.24, 2.45) is 0 Å². The fourth-order valence-electron chi connectivity index (χ4n) is 3.48. The molecule has 1 aromatic carbocycles. The Bertz CT molecular complexity index is 671. The Balaban J connectivity index is 2.49. The summed E-state index contributed by atoms with van der Waals surface area (Å²) in [6.07, 6.45) is 11.8. The van der Waals surface area contributed by atoms with E-state index in [2.05, 4.69) is 19.2 Å². The first-order valence-electron chi connectivity index (χ1n) is 12.2. The summed E-state index contributed by atoms with van der Waals surface area (Å²) in [5.74, 6) is -0.352. The van der Waals surface area contributed by atoms with Crippen LogP contribution in [0.2, 0.25) is 0 Å². The summed E-state index contributed by atoms with van der Waals surface area (Å²) in [7, 11) is 1.32. The molecule has 0 aromatic heterocycles. The first-order valence-corrected chi connectivity index (χ1v) is 12.2. The van der Waals surface area contributed by atoms with Crippen molar-refractivity contribution in [2.75, 3.05) is 7.11 Å². The van der Waals surface area contributed by atoms with Crippen molar-refractivity contribution in [3.8, 4) is 5.75 Å². The van der Waals surface area contributed by atoms with Crippen molar-refractivity contribution < 1.29 is 23.9 Å². The number of nitrogens with one attached hydrogen (secondary N) is 1. The summed E-state index contributed by atoms with van der Waals surface area (Å²) in [5.41, 5.74) is 0.850. The summed E-state index contributed by atoms with van der Waals surface area (Å²) in [6, 6.07) is 6.30. The lowest BCUT2D eigenvalue weighted by atomic mass is 10.0. The van der Waals surface area contributed by atoms with Gasteiger partial charge in [0.1, 0.15) is 11.8 Å². The number of hydrogen-bond acceptors (Lipinski definition) is 5. The molecule has 0 radical (unpaired) electrons. The Kier molecular flexibility index (Phi) is 14.9. The van der Waals surface area contributed by atoms with E-state index in [9.17, 15) is 14.4 Å². The minimum atomic E-state index is -0.736. The zero-order chi connectivity index (χ0) is 23.6. The Labute approximate surface area is 193 Å². The second kappa shape index (κ2) is 17.2. The molecular weight excluding hydrogens is 406 g/mol. The van der Waals surface area contributed by atoms with E-state index in [1.165, 1.54) is 26.4 Å². The minimum Gasteiger partial charge on any atom is -0.467 e. The number of unbranched alkanes of at least 4 members (excludes halogenated alkanes) is 8. The quantitative estimate of drug-likeness (QED) is 0.193. The highest BCUT2D eigenvalue weighted by Crippen LogP contribution is 2.16. The second-order valence-electron chi connectivity index (χ2n) is 8.29. The monoisotopic (exact) mass is 447 g/mol. The van der Waals surface area contributed by atoms with Gasteiger partial charge in [-0.05, 0) is 30.5 Å². The predicted molar refractivity (Wildman–Crippen MR) is 126 cm³/mol. The molecule has 1 aromatic rings. The molecule has 1 unspecified atom stereocenters. The van der Waals surface area contributed by atoms with Crippen molar-refractivity contribution in [3.63, 3.8) is 0 Å². The number of esters is 2. The van der Waals surface area contributed by atoms with E-state index in [0.29, 0.717) is 25.0 Å². The molecule has 6 nitrogen and oxygen atoms in total. The second-order valence-corrected chi connectivity index (χ2v) is 8.29. The maximum atomic E-state index is 12.2. The molecule has 0 aliphatic heterocycles. The van der Waals surface area contributed by atoms with E-state index >= 15 is 0 Å². The average Bonchev–Trinajstić information content (AvgIpc) is 2.79. The Morgan fingerprint density at radius 1 is 0.812 bits per heavy atom. The van der Waals surface area contributed by atoms with Gasteiger partial charge in [-0.25, -0.2) is 4.79 Å². The molecule has 0 saturated carbocycles. The SMILES string of the molecule is CCCCCCCC(=O)NC(Cc1ccc(OC(=O)CCCCCCC)cc1)C(=O)OC. The smallest absolute Gasteiger partial charge is 0.328 e. The van der Waals surface area contributed by atoms with Gasteiger partial charge in [-0.2, -0.15) is 0 Å². The lowest BCUT2D eigenvalue weighted by Crippen LogP contribution is -2.43. The van der Waals surface area contributed by atoms with Crippen LogP contribution in [0.3, 0.4) is 0 Å². The van der Waals surface area contributed by atoms with E-state index in [1.54, 1.807) is 24.3 Å². The van der Waals surface area contributed by atoms with Crippen LogP contribution in [0.4, 0.5) is 0 Å². The Morgan fingerprint density at radius 3 is 1.94 bits per heavy atom. The summed E-state index contributed by atoms with van der Waals surface area (Å²) >= 11 is 0. The topological polar surface area (TPSA) is 81.7 Å². The number of amides is 1. The van der Waals surface area contributed by atoms with Crippen LogP contribution < -0.4 is 10.1 Å². The minimum absolute atomic E-state index is 0.138. The van der Waals surface area contributed by atoms with Crippen molar-refractivity contribution in [1.82, 2.24) is 5.32 Å². The van der Waals surface area contributed by atoms with Gasteiger partial charge in [0.2, 0.25) is 5.91 Å². The Morgan fingerprint density at radius 2 is 1.38 bits per heavy atom. The lowest BCUT2D eigenvalue weighted by molar-refractivity contribution is -0.145. The maximum absolute atomic E-state index is 12.2. The normalized spacial score (nSPS) is 11.6. The number of hydrogen-bond donors (Lipinski definition) is 1. The summed E-state index contributed by atoms with van der Waals surface area (Å²) < 4.78 is 10.2. The van der Waals surface area contributed by atoms with Crippen molar-refractivity contribution >= 4 is 17.8 Å². The maximum Gasteiger partial charge on any atom is 0.328 e. The third-order valence-corrected chi connectivity index (χ3v) is 5.41. The van der Waals surface area contributed by atoms with Gasteiger partial charge in [0, 0.05) is 19.3 Å². The number of methoxy groups -OCH3 is 1. The van der Waals surface area contributed by atoms with Crippen LogP contribution in [0.15, 0.2) is 24.3 Å². The van der Waals surface area contributed by atoms with Gasteiger partial charge in [-0.1, -0.05) is 77.3 Å². The third kappa shape index (κ3) is 12.5. The fourth-order valence-corrected chi connectivity index (χ4v) is 3.48. The molecule has 32 heavy (non-hydrogen) atoms. The van der Waals surface area contributed by atoms with Gasteiger partial charge in [0.05, 0.1) is 7.11 Å². The number of ether oxygens (including phenoxy) is 2. The highest BCUT2D eigenvalue weighted by Gasteiger charge is 2.22. The van der Waals surface area contributed by atoms with Gasteiger partial charge >= 0.3 is 11.9 Å². The summed E-state index contributed by atoms with van der Waals surface area (Å²) in [6.45, 7) is 4.31. The standard InChI is InChI=1S/C26H41NO5/c1-4-6-8-10-12-14-24(28)27-23(26(30)31-3)20-21-16-18-22(19-17-21)32-25(29)15-13-11-9-7-5-2/h16-19,23H,4-15,20H2,1-3H3,(H,27,28). The molecule has 0 aliphatic carbocycles. The van der Waals surface area contributed by atoms with Gasteiger partial charge in [-0.3, -0.25) is 9.59 Å². The zero-order valence-electron chi connectivity index (χ0n) is 20.1. The van der Waals surface area contributed by atoms with E-state index in [1.807, 2.05) is 0 Å². The number of carbonyl (C=O) groups is 3. The molecule has 1 rings (SSSR count). The first kappa shape index (κ1) is 27.7. The molecule has 180 valence electrons. The van der Waals surface area contributed by atoms with E-state index in [-0.39, 0.29) is 11.9 Å². The van der Waals surface area contributed by atoms with Gasteiger partial charge < -0.3 is 14.8 Å². The van der Waals surface area contributed by atoms with Crippen molar-refractivity contribution in [3.05, 3.63) is 29.8 Å². The van der Waals surface area contributed by atoms with Crippen LogP contribution in [-0.4, -0.2) is 31.0 Å². The average molecular weight is 448 g/mol. The van der Waals surface area contributed by atoms with Gasteiger partial charge in [0.15, 0.2) is 0 Å². The molecule has 1 atom stereocenters. The van der Waals surface area contributed by atoms with Gasteiger partial charge in [0.25, 0.3) is 0 Å². The molecule has 0 heterocycles. The molecule has 0 saturated heterocycles. The zero-order valence-corrected chi connectivity index (χ0v) is 20.1. The fraction of sp³-hybridized carbons (Fsp3) is 0.654. The van der Waals surface area contributed by atoms with Crippen LogP contribution in [0.1, 0.15) is 96.5 Å². The van der Waals surface area contributed by atoms with Crippen molar-refractivity contribution in [2.45, 2.75) is 103 Å². The van der Waals surface area contributed by atoms with Gasteiger partial charge in [-0.15, -0.1) is 0 Å². The molecular formula is C26H41NO5. The number of rotatable bonds is 17. The number of benzene rings is 1. The van der Waals surface area contributed by atoms with Crippen molar-refractivity contribution in [1.29, 1.82) is 0 Å². The third-order valence-electron chi connectivity index (χ3n) is 5.41. The van der Waals surface area contributed by atoms with E-state index < -0.39 is 12.0 Å². The van der Waals surface area contributed by atoms with Crippen LogP contribution in [0.5, 0.6) is 5.75 Å². The predicted octanol–water partition coefficient (Wildman–Crippen LogP) is 5.51. The summed E-state index contributed by atoms with van der Waals surface area (Å²) in [4.78, 5) is 36.4.